The van der Waals surface area contributed by atoms with Crippen molar-refractivity contribution in [3.63, 3.8) is 0 Å². The third-order valence-electron chi connectivity index (χ3n) is 12.8. The molecule has 0 amide bonds. The maximum atomic E-state index is 12.3. The van der Waals surface area contributed by atoms with Gasteiger partial charge in [-0.2, -0.15) is 52.7 Å². The summed E-state index contributed by atoms with van der Waals surface area (Å²) in [6, 6.07) is 0. The zero-order valence-corrected chi connectivity index (χ0v) is 58.6. The molecule has 0 rings (SSSR count). The van der Waals surface area contributed by atoms with E-state index in [4.69, 9.17) is 2.74 Å². The second kappa shape index (κ2) is 60.2. The summed E-state index contributed by atoms with van der Waals surface area (Å²) >= 11 is 0. The van der Waals surface area contributed by atoms with E-state index in [9.17, 15) is 87.8 Å². The first-order valence-electron chi connectivity index (χ1n) is 31.9. The Morgan fingerprint density at radius 3 is 0.741 bits per heavy atom. The Balaban J connectivity index is -0.0000000818. The molecule has 20 heteroatoms. The molecule has 0 radical (unpaired) electrons. The van der Waals surface area contributed by atoms with Gasteiger partial charge in [0.05, 0.1) is 25.2 Å². The molecule has 0 aliphatic rings. The Bertz CT molecular complexity index is 1340. The Hall–Kier alpha value is -1.40. The van der Waals surface area contributed by atoms with Gasteiger partial charge in [-0.15, -0.1) is 0 Å². The maximum Gasteiger partial charge on any atom is 0.402 e. The topological polar surface area (TPSA) is 0 Å². The van der Waals surface area contributed by atoms with Crippen LogP contribution in [-0.2, 0) is 0 Å². The summed E-state index contributed by atoms with van der Waals surface area (Å²) in [5.74, 6) is -5.08. The summed E-state index contributed by atoms with van der Waals surface area (Å²) in [6.45, 7) is 49.8. The molecule has 0 fully saturated rings. The van der Waals surface area contributed by atoms with Crippen molar-refractivity contribution in [3.8, 4) is 0 Å². The van der Waals surface area contributed by atoms with E-state index >= 15 is 0 Å². The van der Waals surface area contributed by atoms with Crippen LogP contribution < -0.4 is 0 Å². The quantitative estimate of drug-likeness (QED) is 0.107. The third-order valence-corrected chi connectivity index (χ3v) is 12.8. The van der Waals surface area contributed by atoms with Gasteiger partial charge in [0, 0.05) is 26.9 Å². The maximum absolute atomic E-state index is 12.3. The molecule has 0 heterocycles. The Labute approximate surface area is 512 Å². The summed E-state index contributed by atoms with van der Waals surface area (Å²) in [5, 5.41) is 0. The van der Waals surface area contributed by atoms with E-state index in [1.807, 2.05) is 27.7 Å². The standard InChI is InChI=1S/C7H16.C6H8F6.2C6H11F3.2C6H12F2.C6H13F.2C6H14.C5H10F2.C5H11F/c1-5-6-7(2,3)4;1-3-4(2,5(7,8)9)6(10,11)12;2*1-3-4-5(2)6(7,8)9;1-4-6(7,8)5(2)3;1-3-4-5(2)6(7)8;1-3-4-6(2)5-7;1-5-6(2,3)4;1-4-5-6(2)3;1-3-4(2)5(6)7;1-3-5(2)4-6/h5-6H2,1-4H3;3H2,1-2H3;2*5H,3-4H2,1-2H3;5H,4H2,1-3H3;5-6H,3-4H2,1-2H3;6H,3-5H2,1-2H3;5H2,1-4H3;6H,4-5H2,1-3H3;4-5H,3H2,1-2H3;5H,3-4H2,1-2H3/i;;3D2;;;;;;;;. The molecule has 0 aromatic rings. The van der Waals surface area contributed by atoms with Crippen LogP contribution in [0.2, 0.25) is 0 Å². The first-order chi connectivity index (χ1) is 38.5. The summed E-state index contributed by atoms with van der Waals surface area (Å²) in [5.41, 5.74) is -2.49. The van der Waals surface area contributed by atoms with E-state index in [-0.39, 0.29) is 45.0 Å². The van der Waals surface area contributed by atoms with Crippen molar-refractivity contribution >= 4 is 0 Å². The summed E-state index contributed by atoms with van der Waals surface area (Å²) in [4.78, 5) is 0. The number of alkyl halides is 20. The summed E-state index contributed by atoms with van der Waals surface area (Å²) in [7, 11) is 0. The fraction of sp³-hybridized carbons (Fsp3) is 1.00. The Kier molecular flexibility index (Phi) is 72.6. The number of hydrogen-bond donors (Lipinski definition) is 0. The largest absolute Gasteiger partial charge is 0.402 e. The van der Waals surface area contributed by atoms with Crippen molar-refractivity contribution in [1.29, 1.82) is 0 Å². The van der Waals surface area contributed by atoms with Crippen LogP contribution in [0.25, 0.3) is 0 Å². The molecule has 0 bridgehead atoms. The smallest absolute Gasteiger partial charge is 0.251 e. The Morgan fingerprint density at radius 2 is 0.694 bits per heavy atom. The number of halogens is 20. The lowest BCUT2D eigenvalue weighted by Crippen LogP contribution is -2.47. The fourth-order valence-corrected chi connectivity index (χ4v) is 4.75. The molecule has 0 spiro atoms. The van der Waals surface area contributed by atoms with E-state index in [2.05, 4.69) is 83.1 Å². The SMILES string of the molecule is CCC(C)(C(F)(F)F)C(F)(F)F.CCC(C)(C)C.CCC(C)C(F)F.CCC(C)CF.CCC(F)(F)C(C)C.CCCC(C)(C)C.CCCC(C)C.CCCC(C)C(F)(F)F.CCCC(C)C(F)F.CCCC(C)CF.[2H]C([2H])(C)CC(C)C(F)(F)F. The van der Waals surface area contributed by atoms with Gasteiger partial charge >= 0.3 is 24.7 Å². The van der Waals surface area contributed by atoms with Gasteiger partial charge in [-0.25, -0.2) is 26.3 Å². The minimum atomic E-state index is -5.24. The van der Waals surface area contributed by atoms with Gasteiger partial charge in [0.2, 0.25) is 18.8 Å². The van der Waals surface area contributed by atoms with E-state index in [1.165, 1.54) is 59.8 Å². The lowest BCUT2D eigenvalue weighted by atomic mass is 9.86. The van der Waals surface area contributed by atoms with Crippen molar-refractivity contribution in [1.82, 2.24) is 0 Å². The van der Waals surface area contributed by atoms with Crippen LogP contribution in [0.1, 0.15) is 306 Å². The molecule has 0 N–H and O–H groups in total. The van der Waals surface area contributed by atoms with E-state index in [0.717, 1.165) is 52.4 Å². The monoisotopic (exact) mass is 1300 g/mol. The third kappa shape index (κ3) is 86.9. The highest BCUT2D eigenvalue weighted by Gasteiger charge is 2.66. The molecule has 0 aliphatic heterocycles. The molecule has 0 aromatic heterocycles. The molecule has 0 aromatic carbocycles. The van der Waals surface area contributed by atoms with Crippen LogP contribution in [0.4, 0.5) is 87.8 Å². The fourth-order valence-electron chi connectivity index (χ4n) is 4.75. The van der Waals surface area contributed by atoms with Crippen LogP contribution in [-0.4, -0.2) is 56.8 Å². The highest BCUT2D eigenvalue weighted by molar-refractivity contribution is 4.87. The van der Waals surface area contributed by atoms with Crippen molar-refractivity contribution in [2.45, 2.75) is 346 Å². The predicted octanol–water partition coefficient (Wildman–Crippen LogP) is 29.3. The van der Waals surface area contributed by atoms with Crippen molar-refractivity contribution in [2.24, 2.45) is 63.6 Å². The van der Waals surface area contributed by atoms with Crippen LogP contribution in [0.3, 0.4) is 0 Å². The van der Waals surface area contributed by atoms with Gasteiger partial charge in [-0.1, -0.05) is 245 Å². The summed E-state index contributed by atoms with van der Waals surface area (Å²) in [6.07, 6.45) is -13.7. The van der Waals surface area contributed by atoms with Gasteiger partial charge < -0.3 is 0 Å². The van der Waals surface area contributed by atoms with E-state index in [1.54, 1.807) is 27.7 Å². The van der Waals surface area contributed by atoms with Gasteiger partial charge in [0.1, 0.15) is 0 Å². The zero-order valence-electron chi connectivity index (χ0n) is 60.6. The molecular weight excluding hydrogens is 1160 g/mol. The van der Waals surface area contributed by atoms with E-state index in [0.29, 0.717) is 30.1 Å². The van der Waals surface area contributed by atoms with Gasteiger partial charge in [-0.05, 0) is 80.5 Å². The number of hydrogen-bond acceptors (Lipinski definition) is 0. The molecule has 85 heavy (non-hydrogen) atoms. The zero-order chi connectivity index (χ0) is 73.0. The average molecular weight is 1300 g/mol. The molecule has 0 aliphatic carbocycles. The molecule has 0 saturated carbocycles. The molecule has 0 nitrogen and oxygen atoms in total. The first-order valence-corrected chi connectivity index (χ1v) is 30.9. The van der Waals surface area contributed by atoms with Crippen LogP contribution in [0, 0.1) is 63.6 Å². The molecule has 6 unspecified atom stereocenters. The van der Waals surface area contributed by atoms with Crippen molar-refractivity contribution in [3.05, 3.63) is 0 Å². The van der Waals surface area contributed by atoms with Crippen LogP contribution in [0.15, 0.2) is 0 Å². The minimum absolute atomic E-state index is 0.0509. The highest BCUT2D eigenvalue weighted by Crippen LogP contribution is 2.52. The van der Waals surface area contributed by atoms with Crippen molar-refractivity contribution < 1.29 is 90.5 Å². The molecule has 0 saturated heterocycles. The lowest BCUT2D eigenvalue weighted by Gasteiger charge is -2.32. The van der Waals surface area contributed by atoms with Crippen LogP contribution >= 0.6 is 0 Å². The molecular formula is C65H132F20. The second-order valence-corrected chi connectivity index (χ2v) is 25.1. The molecule has 6 atom stereocenters. The van der Waals surface area contributed by atoms with Gasteiger partial charge in [0.15, 0.2) is 5.41 Å². The summed E-state index contributed by atoms with van der Waals surface area (Å²) < 4.78 is 249. The van der Waals surface area contributed by atoms with E-state index < -0.39 is 97.7 Å². The predicted molar refractivity (Wildman–Crippen MR) is 326 cm³/mol. The molecule has 532 valence electrons. The normalized spacial score (nSPS) is 14.5. The van der Waals surface area contributed by atoms with Crippen LogP contribution in [0.5, 0.6) is 0 Å². The Morgan fingerprint density at radius 1 is 0.365 bits per heavy atom. The lowest BCUT2D eigenvalue weighted by molar-refractivity contribution is -0.335. The highest BCUT2D eigenvalue weighted by atomic mass is 19.4. The average Bonchev–Trinajstić information content (AvgIpc) is 3.35. The van der Waals surface area contributed by atoms with Crippen molar-refractivity contribution in [2.75, 3.05) is 13.3 Å². The number of rotatable bonds is 20. The second-order valence-electron chi connectivity index (χ2n) is 25.1. The minimum Gasteiger partial charge on any atom is -0.251 e. The van der Waals surface area contributed by atoms with Gasteiger partial charge in [-0.3, -0.25) is 8.78 Å². The van der Waals surface area contributed by atoms with Gasteiger partial charge in [0.25, 0.3) is 0 Å². The first kappa shape index (κ1) is 102.